The van der Waals surface area contributed by atoms with Crippen LogP contribution in [0.25, 0.3) is 0 Å². The molecule has 5 nitrogen and oxygen atoms in total. The van der Waals surface area contributed by atoms with Crippen molar-refractivity contribution < 1.29 is 9.53 Å². The maximum Gasteiger partial charge on any atom is 0.240 e. The topological polar surface area (TPSA) is 44.8 Å². The first-order valence-corrected chi connectivity index (χ1v) is 12.5. The molecular formula is C27H37N3O2. The first-order chi connectivity index (χ1) is 15.8. The molecule has 0 bridgehead atoms. The van der Waals surface area contributed by atoms with Crippen molar-refractivity contribution in [2.45, 2.75) is 56.7 Å². The molecule has 5 heteroatoms. The van der Waals surface area contributed by atoms with Gasteiger partial charge in [0, 0.05) is 38.3 Å². The Labute approximate surface area is 192 Å². The van der Waals surface area contributed by atoms with Crippen LogP contribution in [0.4, 0.5) is 0 Å². The van der Waals surface area contributed by atoms with Crippen LogP contribution in [0.5, 0.6) is 0 Å². The van der Waals surface area contributed by atoms with Gasteiger partial charge in [-0.25, -0.2) is 0 Å². The number of hydrogen-bond acceptors (Lipinski definition) is 4. The molecule has 1 amide bonds. The van der Waals surface area contributed by atoms with Crippen LogP contribution in [0.3, 0.4) is 0 Å². The molecule has 5 rings (SSSR count). The minimum absolute atomic E-state index is 0.0655. The lowest BCUT2D eigenvalue weighted by Crippen LogP contribution is -2.55. The molecule has 1 N–H and O–H groups in total. The van der Waals surface area contributed by atoms with E-state index in [2.05, 4.69) is 52.7 Å². The monoisotopic (exact) mass is 435 g/mol. The number of carbonyl (C=O) groups excluding carboxylic acids is 1. The number of nitrogens with one attached hydrogen (secondary N) is 1. The Hall–Kier alpha value is -1.95. The summed E-state index contributed by atoms with van der Waals surface area (Å²) >= 11 is 0. The zero-order chi connectivity index (χ0) is 21.8. The molecule has 172 valence electrons. The summed E-state index contributed by atoms with van der Waals surface area (Å²) in [6.45, 7) is 4.74. The number of allylic oxidation sites excluding steroid dienone is 3. The molecule has 0 radical (unpaired) electrons. The molecular weight excluding hydrogens is 398 g/mol. The van der Waals surface area contributed by atoms with Gasteiger partial charge in [-0.2, -0.15) is 0 Å². The number of morpholine rings is 1. The summed E-state index contributed by atoms with van der Waals surface area (Å²) in [6, 6.07) is 11.7. The normalized spacial score (nSPS) is 27.8. The van der Waals surface area contributed by atoms with Crippen molar-refractivity contribution >= 4 is 5.91 Å². The number of nitrogens with zero attached hydrogens (tertiary/aromatic N) is 2. The van der Waals surface area contributed by atoms with Crippen LogP contribution in [0, 0.1) is 5.92 Å². The predicted octanol–water partition coefficient (Wildman–Crippen LogP) is 3.18. The van der Waals surface area contributed by atoms with Crippen LogP contribution in [0.15, 0.2) is 54.1 Å². The summed E-state index contributed by atoms with van der Waals surface area (Å²) < 4.78 is 5.48. The third-order valence-electron chi connectivity index (χ3n) is 7.61. The van der Waals surface area contributed by atoms with Crippen LogP contribution in [0.1, 0.15) is 37.7 Å². The number of hydrogen-bond donors (Lipinski definition) is 1. The van der Waals surface area contributed by atoms with Crippen molar-refractivity contribution in [2.75, 3.05) is 39.4 Å². The molecule has 1 aromatic rings. The van der Waals surface area contributed by atoms with Crippen molar-refractivity contribution in [2.24, 2.45) is 5.92 Å². The quantitative estimate of drug-likeness (QED) is 0.715. The molecule has 3 atom stereocenters. The second kappa shape index (κ2) is 10.3. The number of rotatable bonds is 7. The first-order valence-electron chi connectivity index (χ1n) is 12.5. The lowest BCUT2D eigenvalue weighted by molar-refractivity contribution is -0.141. The predicted molar refractivity (Wildman–Crippen MR) is 127 cm³/mol. The van der Waals surface area contributed by atoms with Gasteiger partial charge < -0.3 is 15.0 Å². The van der Waals surface area contributed by atoms with E-state index in [-0.39, 0.29) is 11.9 Å². The van der Waals surface area contributed by atoms with Crippen LogP contribution in [-0.2, 0) is 16.0 Å². The summed E-state index contributed by atoms with van der Waals surface area (Å²) in [7, 11) is 0. The average molecular weight is 436 g/mol. The van der Waals surface area contributed by atoms with Crippen LogP contribution in [-0.4, -0.2) is 73.2 Å². The fourth-order valence-electron chi connectivity index (χ4n) is 5.60. The second-order valence-electron chi connectivity index (χ2n) is 9.78. The van der Waals surface area contributed by atoms with E-state index in [0.29, 0.717) is 25.3 Å². The van der Waals surface area contributed by atoms with E-state index in [0.717, 1.165) is 51.4 Å². The van der Waals surface area contributed by atoms with E-state index < -0.39 is 0 Å². The number of piperidine rings is 1. The van der Waals surface area contributed by atoms with Crippen molar-refractivity contribution in [1.82, 2.24) is 15.1 Å². The smallest absolute Gasteiger partial charge is 0.240 e. The molecule has 1 aromatic carbocycles. The van der Waals surface area contributed by atoms with Gasteiger partial charge >= 0.3 is 0 Å². The molecule has 0 spiro atoms. The highest BCUT2D eigenvalue weighted by atomic mass is 16.5. The minimum atomic E-state index is -0.0655. The van der Waals surface area contributed by atoms with Gasteiger partial charge in [-0.3, -0.25) is 9.69 Å². The summed E-state index contributed by atoms with van der Waals surface area (Å²) in [5.74, 6) is 1.04. The van der Waals surface area contributed by atoms with Crippen LogP contribution in [0.2, 0.25) is 0 Å². The fourth-order valence-corrected chi connectivity index (χ4v) is 5.60. The van der Waals surface area contributed by atoms with Crippen molar-refractivity contribution in [3.8, 4) is 0 Å². The lowest BCUT2D eigenvalue weighted by atomic mass is 9.97. The molecule has 4 aliphatic rings. The molecule has 2 heterocycles. The number of likely N-dealkylation sites (tertiary alicyclic amines) is 1. The first kappa shape index (κ1) is 21.9. The van der Waals surface area contributed by atoms with Gasteiger partial charge in [0.15, 0.2) is 0 Å². The third-order valence-corrected chi connectivity index (χ3v) is 7.61. The summed E-state index contributed by atoms with van der Waals surface area (Å²) in [4.78, 5) is 18.0. The Bertz CT molecular complexity index is 823. The van der Waals surface area contributed by atoms with Gasteiger partial charge in [0.05, 0.1) is 19.3 Å². The number of amides is 1. The van der Waals surface area contributed by atoms with E-state index in [4.69, 9.17) is 4.74 Å². The van der Waals surface area contributed by atoms with E-state index >= 15 is 0 Å². The van der Waals surface area contributed by atoms with E-state index in [1.165, 1.54) is 24.8 Å². The Morgan fingerprint density at radius 3 is 2.59 bits per heavy atom. The van der Waals surface area contributed by atoms with E-state index in [1.807, 2.05) is 11.0 Å². The summed E-state index contributed by atoms with van der Waals surface area (Å²) in [5.41, 5.74) is 2.89. The van der Waals surface area contributed by atoms with Gasteiger partial charge in [0.1, 0.15) is 0 Å². The SMILES string of the molecule is O=C(C(Cc1ccccc1)N1CCC(N[C@@H]2C[C@H]2C2=CC=CCC2)CC1)N1CCOCC1. The van der Waals surface area contributed by atoms with Crippen LogP contribution >= 0.6 is 0 Å². The molecule has 32 heavy (non-hydrogen) atoms. The molecule has 2 saturated heterocycles. The van der Waals surface area contributed by atoms with E-state index in [9.17, 15) is 4.79 Å². The molecule has 3 fully saturated rings. The molecule has 1 saturated carbocycles. The largest absolute Gasteiger partial charge is 0.378 e. The minimum Gasteiger partial charge on any atom is -0.378 e. The highest BCUT2D eigenvalue weighted by molar-refractivity contribution is 5.82. The average Bonchev–Trinajstić information content (AvgIpc) is 3.63. The standard InChI is InChI=1S/C27H37N3O2/c31-27(30-15-17-32-18-16-30)26(19-21-7-3-1-4-8-21)29-13-11-23(12-14-29)28-25-20-24(25)22-9-5-2-6-10-22/h1-5,7-9,23-26,28H,6,10-20H2/t24-,25+,26?/m0/s1. The van der Waals surface area contributed by atoms with Gasteiger partial charge in [0.2, 0.25) is 5.91 Å². The number of benzene rings is 1. The maximum absolute atomic E-state index is 13.5. The summed E-state index contributed by atoms with van der Waals surface area (Å²) in [5, 5.41) is 3.94. The van der Waals surface area contributed by atoms with Crippen LogP contribution < -0.4 is 5.32 Å². The molecule has 1 unspecified atom stereocenters. The van der Waals surface area contributed by atoms with Crippen molar-refractivity contribution in [1.29, 1.82) is 0 Å². The maximum atomic E-state index is 13.5. The second-order valence-corrected chi connectivity index (χ2v) is 9.78. The lowest BCUT2D eigenvalue weighted by Gasteiger charge is -2.40. The van der Waals surface area contributed by atoms with Crippen molar-refractivity contribution in [3.05, 3.63) is 59.7 Å². The van der Waals surface area contributed by atoms with Gasteiger partial charge in [-0.05, 0) is 50.0 Å². The Morgan fingerprint density at radius 1 is 1.09 bits per heavy atom. The fraction of sp³-hybridized carbons (Fsp3) is 0.593. The highest BCUT2D eigenvalue weighted by Gasteiger charge is 2.41. The van der Waals surface area contributed by atoms with Crippen molar-refractivity contribution in [3.63, 3.8) is 0 Å². The number of carbonyl (C=O) groups is 1. The molecule has 2 aliphatic heterocycles. The Kier molecular flexibility index (Phi) is 7.06. The third kappa shape index (κ3) is 5.33. The zero-order valence-electron chi connectivity index (χ0n) is 19.1. The molecule has 2 aliphatic carbocycles. The van der Waals surface area contributed by atoms with Gasteiger partial charge in [0.25, 0.3) is 0 Å². The molecule has 0 aromatic heterocycles. The highest BCUT2D eigenvalue weighted by Crippen LogP contribution is 2.41. The Morgan fingerprint density at radius 2 is 1.88 bits per heavy atom. The zero-order valence-corrected chi connectivity index (χ0v) is 19.1. The van der Waals surface area contributed by atoms with E-state index in [1.54, 1.807) is 5.57 Å². The van der Waals surface area contributed by atoms with Gasteiger partial charge in [-0.15, -0.1) is 0 Å². The summed E-state index contributed by atoms with van der Waals surface area (Å²) in [6.07, 6.45) is 13.6. The van der Waals surface area contributed by atoms with Gasteiger partial charge in [-0.1, -0.05) is 54.1 Å². The Balaban J connectivity index is 1.17. The number of ether oxygens (including phenoxy) is 1.